The Balaban J connectivity index is 2.10. The van der Waals surface area contributed by atoms with Crippen molar-refractivity contribution in [3.05, 3.63) is 69.7 Å². The molecule has 2 aromatic rings. The van der Waals surface area contributed by atoms with E-state index in [1.807, 2.05) is 30.3 Å². The Hall–Kier alpha value is -2.51. The van der Waals surface area contributed by atoms with Crippen molar-refractivity contribution < 1.29 is 4.79 Å². The molecule has 0 bridgehead atoms. The minimum Gasteiger partial charge on any atom is -0.265 e. The Kier molecular flexibility index (Phi) is 3.51. The molecule has 21 heavy (non-hydrogen) atoms. The lowest BCUT2D eigenvalue weighted by molar-refractivity contribution is 0.0984. The first-order valence-corrected chi connectivity index (χ1v) is 6.80. The third kappa shape index (κ3) is 2.44. The van der Waals surface area contributed by atoms with E-state index < -0.39 is 5.91 Å². The lowest BCUT2D eigenvalue weighted by Gasteiger charge is -2.20. The number of rotatable bonds is 2. The van der Waals surface area contributed by atoms with Gasteiger partial charge in [0.2, 0.25) is 0 Å². The first-order chi connectivity index (χ1) is 10.2. The van der Waals surface area contributed by atoms with Crippen LogP contribution < -0.4 is 0 Å². The van der Waals surface area contributed by atoms with E-state index in [9.17, 15) is 10.1 Å². The second-order valence-corrected chi connectivity index (χ2v) is 5.13. The average Bonchev–Trinajstić information content (AvgIpc) is 2.51. The zero-order valence-corrected chi connectivity index (χ0v) is 11.7. The molecule has 0 radical (unpaired) electrons. The molecule has 102 valence electrons. The van der Waals surface area contributed by atoms with Crippen molar-refractivity contribution in [3.63, 3.8) is 0 Å². The number of nitrogens with zero attached hydrogens (tertiary/aromatic N) is 3. The first-order valence-electron chi connectivity index (χ1n) is 6.42. The molecule has 1 amide bonds. The quantitative estimate of drug-likeness (QED) is 0.837. The van der Waals surface area contributed by atoms with Crippen molar-refractivity contribution in [2.24, 2.45) is 10.2 Å². The van der Waals surface area contributed by atoms with E-state index in [1.165, 1.54) is 0 Å². The standard InChI is InChI=1S/C16H10ClN3O/c17-13-7-6-11-15(12(13)9-18)14(19-20-16(11)21)8-10-4-2-1-3-5-10/h1-7,14H,8H2. The van der Waals surface area contributed by atoms with E-state index in [-0.39, 0.29) is 6.04 Å². The number of amides is 1. The maximum absolute atomic E-state index is 11.9. The fourth-order valence-corrected chi connectivity index (χ4v) is 2.66. The van der Waals surface area contributed by atoms with Crippen molar-refractivity contribution in [1.29, 1.82) is 5.26 Å². The second-order valence-electron chi connectivity index (χ2n) is 4.72. The minimum absolute atomic E-state index is 0.307. The third-order valence-electron chi connectivity index (χ3n) is 3.43. The zero-order valence-electron chi connectivity index (χ0n) is 11.0. The topological polar surface area (TPSA) is 65.6 Å². The molecule has 4 nitrogen and oxygen atoms in total. The Morgan fingerprint density at radius 1 is 1.19 bits per heavy atom. The Bertz CT molecular complexity index is 778. The van der Waals surface area contributed by atoms with Crippen molar-refractivity contribution in [3.8, 4) is 6.07 Å². The molecule has 1 aliphatic heterocycles. The highest BCUT2D eigenvalue weighted by Crippen LogP contribution is 2.35. The average molecular weight is 296 g/mol. The number of carbonyl (C=O) groups excluding carboxylic acids is 1. The lowest BCUT2D eigenvalue weighted by atomic mass is 9.90. The Labute approximate surface area is 126 Å². The van der Waals surface area contributed by atoms with Crippen LogP contribution in [0, 0.1) is 11.3 Å². The summed E-state index contributed by atoms with van der Waals surface area (Å²) in [7, 11) is 0. The van der Waals surface area contributed by atoms with Gasteiger partial charge in [-0.25, -0.2) is 0 Å². The molecule has 0 N–H and O–H groups in total. The highest BCUT2D eigenvalue weighted by atomic mass is 35.5. The van der Waals surface area contributed by atoms with Gasteiger partial charge in [-0.2, -0.15) is 10.4 Å². The minimum atomic E-state index is -0.428. The number of hydrogen-bond donors (Lipinski definition) is 0. The van der Waals surface area contributed by atoms with E-state index in [0.717, 1.165) is 5.56 Å². The van der Waals surface area contributed by atoms with Gasteiger partial charge < -0.3 is 0 Å². The summed E-state index contributed by atoms with van der Waals surface area (Å²) in [6.45, 7) is 0. The van der Waals surface area contributed by atoms with Crippen LogP contribution in [-0.4, -0.2) is 5.91 Å². The van der Waals surface area contributed by atoms with E-state index in [0.29, 0.717) is 28.1 Å². The van der Waals surface area contributed by atoms with Crippen LogP contribution in [0.15, 0.2) is 52.7 Å². The highest BCUT2D eigenvalue weighted by molar-refractivity contribution is 6.32. The van der Waals surface area contributed by atoms with Crippen LogP contribution in [0.3, 0.4) is 0 Å². The van der Waals surface area contributed by atoms with Crippen LogP contribution in [0.1, 0.15) is 33.1 Å². The summed E-state index contributed by atoms with van der Waals surface area (Å²) in [5.41, 5.74) is 2.36. The van der Waals surface area contributed by atoms with Crippen molar-refractivity contribution in [2.75, 3.05) is 0 Å². The Morgan fingerprint density at radius 2 is 1.95 bits per heavy atom. The maximum atomic E-state index is 11.9. The Morgan fingerprint density at radius 3 is 2.67 bits per heavy atom. The lowest BCUT2D eigenvalue weighted by Crippen LogP contribution is -2.14. The number of hydrogen-bond acceptors (Lipinski definition) is 3. The number of nitriles is 1. The highest BCUT2D eigenvalue weighted by Gasteiger charge is 2.28. The predicted molar refractivity (Wildman–Crippen MR) is 78.2 cm³/mol. The SMILES string of the molecule is N#Cc1c(Cl)ccc2c1C(Cc1ccccc1)N=NC2=O. The van der Waals surface area contributed by atoms with Gasteiger partial charge in [0.15, 0.2) is 0 Å². The summed E-state index contributed by atoms with van der Waals surface area (Å²) in [6, 6.07) is 14.6. The molecule has 0 aliphatic carbocycles. The van der Waals surface area contributed by atoms with Gasteiger partial charge in [0.25, 0.3) is 5.91 Å². The molecule has 0 fully saturated rings. The molecule has 0 spiro atoms. The van der Waals surface area contributed by atoms with Gasteiger partial charge in [-0.05, 0) is 17.7 Å². The summed E-state index contributed by atoms with van der Waals surface area (Å²) in [4.78, 5) is 11.9. The van der Waals surface area contributed by atoms with Crippen LogP contribution in [0.2, 0.25) is 5.02 Å². The first kappa shape index (κ1) is 13.5. The van der Waals surface area contributed by atoms with Gasteiger partial charge in [-0.15, -0.1) is 5.11 Å². The molecule has 2 aromatic carbocycles. The van der Waals surface area contributed by atoms with Gasteiger partial charge in [0, 0.05) is 12.0 Å². The fourth-order valence-electron chi connectivity index (χ4n) is 2.45. The fraction of sp³-hybridized carbons (Fsp3) is 0.125. The molecular formula is C16H10ClN3O. The summed E-state index contributed by atoms with van der Waals surface area (Å²) in [5.74, 6) is -0.428. The van der Waals surface area contributed by atoms with Crippen LogP contribution >= 0.6 is 11.6 Å². The van der Waals surface area contributed by atoms with E-state index in [4.69, 9.17) is 11.6 Å². The molecule has 1 unspecified atom stereocenters. The molecular weight excluding hydrogens is 286 g/mol. The van der Waals surface area contributed by atoms with Gasteiger partial charge in [-0.3, -0.25) is 4.79 Å². The number of fused-ring (bicyclic) bond motifs is 1. The molecule has 0 saturated carbocycles. The second kappa shape index (κ2) is 5.47. The van der Waals surface area contributed by atoms with Crippen molar-refractivity contribution in [1.82, 2.24) is 0 Å². The van der Waals surface area contributed by atoms with Crippen LogP contribution in [-0.2, 0) is 6.42 Å². The number of carbonyl (C=O) groups is 1. The summed E-state index contributed by atoms with van der Waals surface area (Å²) < 4.78 is 0. The van der Waals surface area contributed by atoms with E-state index in [1.54, 1.807) is 12.1 Å². The monoisotopic (exact) mass is 295 g/mol. The normalized spacial score (nSPS) is 16.4. The summed E-state index contributed by atoms with van der Waals surface area (Å²) >= 11 is 6.07. The molecule has 1 heterocycles. The molecule has 1 aliphatic rings. The summed E-state index contributed by atoms with van der Waals surface area (Å²) in [6.07, 6.45) is 0.569. The van der Waals surface area contributed by atoms with E-state index in [2.05, 4.69) is 16.3 Å². The maximum Gasteiger partial charge on any atom is 0.295 e. The molecule has 0 saturated heterocycles. The van der Waals surface area contributed by atoms with Crippen molar-refractivity contribution in [2.45, 2.75) is 12.5 Å². The van der Waals surface area contributed by atoms with Crippen LogP contribution in [0.25, 0.3) is 0 Å². The van der Waals surface area contributed by atoms with Gasteiger partial charge >= 0.3 is 0 Å². The zero-order chi connectivity index (χ0) is 14.8. The molecule has 5 heteroatoms. The number of benzene rings is 2. The molecule has 1 atom stereocenters. The molecule has 3 rings (SSSR count). The largest absolute Gasteiger partial charge is 0.295 e. The number of azo groups is 1. The third-order valence-corrected chi connectivity index (χ3v) is 3.74. The van der Waals surface area contributed by atoms with Crippen molar-refractivity contribution >= 4 is 17.5 Å². The van der Waals surface area contributed by atoms with E-state index >= 15 is 0 Å². The predicted octanol–water partition coefficient (Wildman–Crippen LogP) is 4.10. The summed E-state index contributed by atoms with van der Waals surface area (Å²) in [5, 5.41) is 17.4. The van der Waals surface area contributed by atoms with Crippen LogP contribution in [0.5, 0.6) is 0 Å². The smallest absolute Gasteiger partial charge is 0.265 e. The van der Waals surface area contributed by atoms with Gasteiger partial charge in [0.1, 0.15) is 12.1 Å². The molecule has 0 aromatic heterocycles. The number of halogens is 1. The van der Waals surface area contributed by atoms with Gasteiger partial charge in [0.05, 0.1) is 16.1 Å². The van der Waals surface area contributed by atoms with Crippen LogP contribution in [0.4, 0.5) is 0 Å². The van der Waals surface area contributed by atoms with Gasteiger partial charge in [-0.1, -0.05) is 41.9 Å².